The average Bonchev–Trinajstić information content (AvgIpc) is 3.43. The van der Waals surface area contributed by atoms with Crippen LogP contribution in [-0.4, -0.2) is 55.5 Å². The number of ether oxygens (including phenoxy) is 2. The van der Waals surface area contributed by atoms with E-state index in [-0.39, 0.29) is 37.4 Å². The minimum Gasteiger partial charge on any atom is -0.481 e. The van der Waals surface area contributed by atoms with Gasteiger partial charge < -0.3 is 25.2 Å². The fourth-order valence-electron chi connectivity index (χ4n) is 5.42. The number of carbonyl (C=O) groups excluding carboxylic acids is 2. The molecule has 0 spiro atoms. The topological polar surface area (TPSA) is 114 Å². The maximum Gasteiger partial charge on any atom is 0.407 e. The van der Waals surface area contributed by atoms with Gasteiger partial charge in [-0.25, -0.2) is 4.79 Å². The van der Waals surface area contributed by atoms with E-state index in [1.54, 1.807) is 0 Å². The largest absolute Gasteiger partial charge is 0.481 e. The van der Waals surface area contributed by atoms with E-state index in [1.165, 1.54) is 11.1 Å². The summed E-state index contributed by atoms with van der Waals surface area (Å²) >= 11 is 0. The molecule has 1 aliphatic heterocycles. The van der Waals surface area contributed by atoms with E-state index in [1.807, 2.05) is 24.3 Å². The van der Waals surface area contributed by atoms with Crippen LogP contribution in [0.15, 0.2) is 48.5 Å². The van der Waals surface area contributed by atoms with Crippen LogP contribution in [-0.2, 0) is 19.1 Å². The zero-order valence-electron chi connectivity index (χ0n) is 19.5. The number of alkyl carbamates (subject to hydrolysis) is 1. The zero-order chi connectivity index (χ0) is 24.4. The lowest BCUT2D eigenvalue weighted by molar-refractivity contribution is -0.154. The van der Waals surface area contributed by atoms with Crippen molar-refractivity contribution < 1.29 is 29.0 Å². The zero-order valence-corrected chi connectivity index (χ0v) is 19.5. The number of aliphatic carboxylic acids is 1. The molecule has 0 radical (unpaired) electrons. The van der Waals surface area contributed by atoms with Crippen LogP contribution in [0.2, 0.25) is 0 Å². The van der Waals surface area contributed by atoms with Crippen molar-refractivity contribution in [3.05, 3.63) is 59.7 Å². The highest BCUT2D eigenvalue weighted by molar-refractivity contribution is 5.83. The van der Waals surface area contributed by atoms with Gasteiger partial charge in [-0.15, -0.1) is 0 Å². The molecule has 5 rings (SSSR count). The molecule has 2 aromatic carbocycles. The number of hydrogen-bond donors (Lipinski definition) is 3. The van der Waals surface area contributed by atoms with Crippen molar-refractivity contribution in [2.24, 2.45) is 11.3 Å². The molecule has 8 heteroatoms. The van der Waals surface area contributed by atoms with Crippen molar-refractivity contribution in [2.75, 3.05) is 26.3 Å². The summed E-state index contributed by atoms with van der Waals surface area (Å²) < 4.78 is 11.2. The number of carboxylic acids is 1. The highest BCUT2D eigenvalue weighted by atomic mass is 16.5. The summed E-state index contributed by atoms with van der Waals surface area (Å²) in [5.41, 5.74) is 3.77. The van der Waals surface area contributed by atoms with Crippen LogP contribution in [0.25, 0.3) is 11.1 Å². The van der Waals surface area contributed by atoms with Gasteiger partial charge in [-0.05, 0) is 41.5 Å². The van der Waals surface area contributed by atoms with Crippen molar-refractivity contribution >= 4 is 18.0 Å². The standard InChI is InChI=1S/C27H30N2O6/c30-24(29-16-27(25(31)32)11-5-12-27)23-17(10-13-34-23)14-28-26(33)35-15-22-20-8-3-1-6-18(20)19-7-2-4-9-21(19)22/h1-4,6-9,17,22-23H,5,10-16H2,(H,28,33)(H,29,30)(H,31,32). The van der Waals surface area contributed by atoms with Crippen LogP contribution in [0.3, 0.4) is 0 Å². The Hall–Kier alpha value is -3.39. The lowest BCUT2D eigenvalue weighted by Gasteiger charge is -2.37. The molecule has 2 aromatic rings. The van der Waals surface area contributed by atoms with Gasteiger partial charge in [-0.2, -0.15) is 0 Å². The molecule has 0 aromatic heterocycles. The van der Waals surface area contributed by atoms with Crippen LogP contribution < -0.4 is 10.6 Å². The van der Waals surface area contributed by atoms with Gasteiger partial charge >= 0.3 is 12.1 Å². The Morgan fingerprint density at radius 3 is 2.26 bits per heavy atom. The van der Waals surface area contributed by atoms with Gasteiger partial charge in [0, 0.05) is 31.5 Å². The molecule has 2 fully saturated rings. The number of amides is 2. The van der Waals surface area contributed by atoms with Crippen molar-refractivity contribution in [3.8, 4) is 11.1 Å². The van der Waals surface area contributed by atoms with Crippen LogP contribution >= 0.6 is 0 Å². The van der Waals surface area contributed by atoms with Gasteiger partial charge in [0.15, 0.2) is 0 Å². The minimum absolute atomic E-state index is 0.0189. The fourth-order valence-corrected chi connectivity index (χ4v) is 5.42. The molecule has 0 bridgehead atoms. The second-order valence-corrected chi connectivity index (χ2v) is 9.70. The van der Waals surface area contributed by atoms with Gasteiger partial charge in [0.1, 0.15) is 12.7 Å². The third kappa shape index (κ3) is 4.50. The van der Waals surface area contributed by atoms with Crippen molar-refractivity contribution in [3.63, 3.8) is 0 Å². The second-order valence-electron chi connectivity index (χ2n) is 9.70. The van der Waals surface area contributed by atoms with Crippen LogP contribution in [0, 0.1) is 11.3 Å². The molecule has 3 N–H and O–H groups in total. The molecule has 1 heterocycles. The monoisotopic (exact) mass is 478 g/mol. The third-order valence-corrected chi connectivity index (χ3v) is 7.69. The summed E-state index contributed by atoms with van der Waals surface area (Å²) in [7, 11) is 0. The summed E-state index contributed by atoms with van der Waals surface area (Å²) in [5.74, 6) is -1.41. The van der Waals surface area contributed by atoms with Gasteiger partial charge in [0.2, 0.25) is 5.91 Å². The summed E-state index contributed by atoms with van der Waals surface area (Å²) in [6, 6.07) is 16.3. The maximum absolute atomic E-state index is 12.7. The normalized spacial score (nSPS) is 21.9. The summed E-state index contributed by atoms with van der Waals surface area (Å²) in [5, 5.41) is 15.0. The Kier molecular flexibility index (Phi) is 6.47. The smallest absolute Gasteiger partial charge is 0.407 e. The van der Waals surface area contributed by atoms with Crippen LogP contribution in [0.5, 0.6) is 0 Å². The van der Waals surface area contributed by atoms with E-state index in [4.69, 9.17) is 9.47 Å². The molecule has 8 nitrogen and oxygen atoms in total. The van der Waals surface area contributed by atoms with Gasteiger partial charge in [0.05, 0.1) is 5.41 Å². The lowest BCUT2D eigenvalue weighted by Crippen LogP contribution is -2.50. The molecule has 2 aliphatic carbocycles. The predicted octanol–water partition coefficient (Wildman–Crippen LogP) is 3.30. The van der Waals surface area contributed by atoms with Gasteiger partial charge in [-0.3, -0.25) is 9.59 Å². The molecule has 2 amide bonds. The molecule has 2 unspecified atom stereocenters. The third-order valence-electron chi connectivity index (χ3n) is 7.69. The Morgan fingerprint density at radius 2 is 1.66 bits per heavy atom. The van der Waals surface area contributed by atoms with E-state index in [0.29, 0.717) is 25.9 Å². The number of fused-ring (bicyclic) bond motifs is 3. The number of rotatable bonds is 8. The highest BCUT2D eigenvalue weighted by Crippen LogP contribution is 2.44. The van der Waals surface area contributed by atoms with E-state index < -0.39 is 23.6 Å². The van der Waals surface area contributed by atoms with E-state index >= 15 is 0 Å². The molecule has 1 saturated carbocycles. The number of carbonyl (C=O) groups is 3. The quantitative estimate of drug-likeness (QED) is 0.537. The molecule has 35 heavy (non-hydrogen) atoms. The summed E-state index contributed by atoms with van der Waals surface area (Å²) in [6.07, 6.45) is 1.38. The van der Waals surface area contributed by atoms with Crippen LogP contribution in [0.4, 0.5) is 4.79 Å². The molecule has 2 atom stereocenters. The molecular weight excluding hydrogens is 448 g/mol. The van der Waals surface area contributed by atoms with Gasteiger partial charge in [-0.1, -0.05) is 55.0 Å². The SMILES string of the molecule is O=C(NCC1CCOC1C(=O)NCC1(C(=O)O)CCC1)OCC1c2ccccc2-c2ccccc21. The fraction of sp³-hybridized carbons (Fsp3) is 0.444. The Morgan fingerprint density at radius 1 is 1.00 bits per heavy atom. The number of benzene rings is 2. The van der Waals surface area contributed by atoms with Gasteiger partial charge in [0.25, 0.3) is 0 Å². The molecule has 1 saturated heterocycles. The summed E-state index contributed by atoms with van der Waals surface area (Å²) in [4.78, 5) is 36.7. The van der Waals surface area contributed by atoms with Crippen molar-refractivity contribution in [1.82, 2.24) is 10.6 Å². The maximum atomic E-state index is 12.7. The molecule has 184 valence electrons. The minimum atomic E-state index is -0.870. The van der Waals surface area contributed by atoms with E-state index in [0.717, 1.165) is 17.5 Å². The first-order valence-corrected chi connectivity index (χ1v) is 12.2. The molecular formula is C27H30N2O6. The van der Waals surface area contributed by atoms with Crippen molar-refractivity contribution in [1.29, 1.82) is 0 Å². The Bertz CT molecular complexity index is 1080. The van der Waals surface area contributed by atoms with Crippen molar-refractivity contribution in [2.45, 2.75) is 37.7 Å². The number of hydrogen-bond acceptors (Lipinski definition) is 5. The number of nitrogens with one attached hydrogen (secondary N) is 2. The first-order chi connectivity index (χ1) is 17.0. The average molecular weight is 479 g/mol. The Labute approximate surface area is 204 Å². The first kappa shape index (κ1) is 23.4. The second kappa shape index (κ2) is 9.70. The van der Waals surface area contributed by atoms with E-state index in [2.05, 4.69) is 34.9 Å². The first-order valence-electron chi connectivity index (χ1n) is 12.2. The Balaban J connectivity index is 1.12. The highest BCUT2D eigenvalue weighted by Gasteiger charge is 2.45. The van der Waals surface area contributed by atoms with E-state index in [9.17, 15) is 19.5 Å². The molecule has 3 aliphatic rings. The predicted molar refractivity (Wildman–Crippen MR) is 128 cm³/mol. The van der Waals surface area contributed by atoms with Crippen LogP contribution in [0.1, 0.15) is 42.7 Å². The summed E-state index contributed by atoms with van der Waals surface area (Å²) in [6.45, 7) is 0.994. The lowest BCUT2D eigenvalue weighted by atomic mass is 9.69. The number of carboxylic acid groups (broad SMARTS) is 1.